The normalized spacial score (nSPS) is 17.2. The van der Waals surface area contributed by atoms with Gasteiger partial charge in [0.1, 0.15) is 0 Å². The van der Waals surface area contributed by atoms with Crippen molar-refractivity contribution in [1.82, 2.24) is 0 Å². The maximum atomic E-state index is 14.4. The van der Waals surface area contributed by atoms with E-state index in [0.717, 1.165) is 11.4 Å². The fourth-order valence-electron chi connectivity index (χ4n) is 3.12. The molecule has 0 spiro atoms. The Balaban J connectivity index is 2.28. The van der Waals surface area contributed by atoms with Crippen molar-refractivity contribution in [2.24, 2.45) is 0 Å². The number of methoxy groups -OCH3 is 1. The molecule has 2 aromatic rings. The first-order chi connectivity index (χ1) is 12.2. The lowest BCUT2D eigenvalue weighted by atomic mass is 9.99. The molecular weight excluding hydrogens is 374 g/mol. The zero-order valence-corrected chi connectivity index (χ0v) is 14.7. The Morgan fingerprint density at radius 1 is 1.04 bits per heavy atom. The molecule has 26 heavy (non-hydrogen) atoms. The lowest BCUT2D eigenvalue weighted by Gasteiger charge is -2.36. The first kappa shape index (κ1) is 18.5. The van der Waals surface area contributed by atoms with E-state index in [-0.39, 0.29) is 5.69 Å². The molecule has 0 radical (unpaired) electrons. The average molecular weight is 389 g/mol. The molecule has 0 fully saturated rings. The van der Waals surface area contributed by atoms with Crippen LogP contribution in [0.25, 0.3) is 0 Å². The van der Waals surface area contributed by atoms with Crippen LogP contribution in [0.4, 0.5) is 23.2 Å². The van der Waals surface area contributed by atoms with Gasteiger partial charge in [-0.3, -0.25) is 4.31 Å². The van der Waals surface area contributed by atoms with Gasteiger partial charge in [0.25, 0.3) is 10.0 Å². The molecule has 1 atom stereocenters. The van der Waals surface area contributed by atoms with Crippen molar-refractivity contribution in [3.05, 3.63) is 53.1 Å². The van der Waals surface area contributed by atoms with Crippen LogP contribution in [0, 0.1) is 23.3 Å². The molecule has 1 aliphatic rings. The first-order valence-corrected chi connectivity index (χ1v) is 9.18. The third-order valence-electron chi connectivity index (χ3n) is 4.36. The highest BCUT2D eigenvalue weighted by Crippen LogP contribution is 2.39. The van der Waals surface area contributed by atoms with E-state index in [2.05, 4.69) is 4.74 Å². The topological polar surface area (TPSA) is 46.6 Å². The summed E-state index contributed by atoms with van der Waals surface area (Å²) in [6.45, 7) is 1.56. The van der Waals surface area contributed by atoms with Crippen LogP contribution in [0.1, 0.15) is 18.9 Å². The van der Waals surface area contributed by atoms with Crippen LogP contribution in [0.5, 0.6) is 5.75 Å². The molecule has 0 saturated carbocycles. The third kappa shape index (κ3) is 2.61. The number of hydrogen-bond donors (Lipinski definition) is 0. The number of fused-ring (bicyclic) bond motifs is 1. The summed E-state index contributed by atoms with van der Waals surface area (Å²) in [7, 11) is -4.09. The van der Waals surface area contributed by atoms with Crippen LogP contribution in [-0.4, -0.2) is 21.6 Å². The zero-order valence-electron chi connectivity index (χ0n) is 13.9. The Bertz CT molecular complexity index is 949. The molecule has 140 valence electrons. The van der Waals surface area contributed by atoms with Crippen molar-refractivity contribution in [2.75, 3.05) is 11.4 Å². The van der Waals surface area contributed by atoms with Gasteiger partial charge in [0.15, 0.2) is 22.3 Å². The predicted octanol–water partition coefficient (Wildman–Crippen LogP) is 3.78. The molecule has 0 aliphatic carbocycles. The molecule has 0 bridgehead atoms. The highest BCUT2D eigenvalue weighted by atomic mass is 32.2. The highest BCUT2D eigenvalue weighted by Gasteiger charge is 2.41. The molecule has 0 amide bonds. The molecule has 4 nitrogen and oxygen atoms in total. The second-order valence-corrected chi connectivity index (χ2v) is 7.69. The summed E-state index contributed by atoms with van der Waals surface area (Å²) in [5.74, 6) is -9.15. The fourth-order valence-corrected chi connectivity index (χ4v) is 4.96. The summed E-state index contributed by atoms with van der Waals surface area (Å²) < 4.78 is 87.8. The summed E-state index contributed by atoms with van der Waals surface area (Å²) in [5, 5.41) is 0. The van der Waals surface area contributed by atoms with E-state index in [1.54, 1.807) is 25.1 Å². The number of rotatable bonds is 3. The molecule has 0 saturated heterocycles. The van der Waals surface area contributed by atoms with Gasteiger partial charge in [-0.25, -0.2) is 17.2 Å². The van der Waals surface area contributed by atoms with Gasteiger partial charge in [0, 0.05) is 6.04 Å². The van der Waals surface area contributed by atoms with Gasteiger partial charge in [-0.1, -0.05) is 18.2 Å². The minimum atomic E-state index is -4.91. The smallest absolute Gasteiger partial charge is 0.270 e. The highest BCUT2D eigenvalue weighted by molar-refractivity contribution is 7.92. The van der Waals surface area contributed by atoms with E-state index < -0.39 is 50.0 Å². The van der Waals surface area contributed by atoms with E-state index >= 15 is 0 Å². The molecule has 0 N–H and O–H groups in total. The number of sulfonamides is 1. The van der Waals surface area contributed by atoms with Crippen molar-refractivity contribution < 1.29 is 30.7 Å². The summed E-state index contributed by atoms with van der Waals surface area (Å²) >= 11 is 0. The molecular formula is C17H15F4NO3S. The Kier molecular flexibility index (Phi) is 4.60. The molecule has 1 aliphatic heterocycles. The summed E-state index contributed by atoms with van der Waals surface area (Å²) in [4.78, 5) is -1.67. The number of ether oxygens (including phenoxy) is 1. The van der Waals surface area contributed by atoms with E-state index in [0.29, 0.717) is 18.4 Å². The molecule has 1 unspecified atom stereocenters. The van der Waals surface area contributed by atoms with Crippen LogP contribution in [0.15, 0.2) is 29.2 Å². The molecule has 0 aromatic heterocycles. The van der Waals surface area contributed by atoms with Crippen LogP contribution in [0.3, 0.4) is 0 Å². The number of halogens is 4. The Morgan fingerprint density at radius 2 is 1.62 bits per heavy atom. The van der Waals surface area contributed by atoms with Gasteiger partial charge in [-0.15, -0.1) is 0 Å². The van der Waals surface area contributed by atoms with Gasteiger partial charge in [-0.05, 0) is 31.4 Å². The molecule has 9 heteroatoms. The minimum absolute atomic E-state index is 0.224. The monoisotopic (exact) mass is 389 g/mol. The first-order valence-electron chi connectivity index (χ1n) is 7.74. The van der Waals surface area contributed by atoms with Crippen LogP contribution < -0.4 is 9.04 Å². The van der Waals surface area contributed by atoms with Crippen molar-refractivity contribution in [3.8, 4) is 5.75 Å². The maximum absolute atomic E-state index is 14.4. The minimum Gasteiger partial charge on any atom is -0.491 e. The summed E-state index contributed by atoms with van der Waals surface area (Å²) in [6, 6.07) is 5.79. The van der Waals surface area contributed by atoms with Crippen molar-refractivity contribution in [3.63, 3.8) is 0 Å². The van der Waals surface area contributed by atoms with Crippen molar-refractivity contribution >= 4 is 15.7 Å². The van der Waals surface area contributed by atoms with E-state index in [4.69, 9.17) is 0 Å². The van der Waals surface area contributed by atoms with Crippen molar-refractivity contribution in [1.29, 1.82) is 0 Å². The maximum Gasteiger partial charge on any atom is 0.270 e. The SMILES string of the molecule is COc1c(F)c(F)c(S(=O)(=O)N2c3ccccc3CCC2C)c(F)c1F. The largest absolute Gasteiger partial charge is 0.491 e. The summed E-state index contributed by atoms with van der Waals surface area (Å²) in [6.07, 6.45) is 0.959. The van der Waals surface area contributed by atoms with Crippen molar-refractivity contribution in [2.45, 2.75) is 30.7 Å². The lowest BCUT2D eigenvalue weighted by Crippen LogP contribution is -2.42. The number of benzene rings is 2. The van der Waals surface area contributed by atoms with E-state index in [9.17, 15) is 26.0 Å². The van der Waals surface area contributed by atoms with Crippen LogP contribution in [-0.2, 0) is 16.4 Å². The fraction of sp³-hybridized carbons (Fsp3) is 0.294. The van der Waals surface area contributed by atoms with Gasteiger partial charge < -0.3 is 4.74 Å². The Hall–Kier alpha value is -2.29. The number of anilines is 1. The lowest BCUT2D eigenvalue weighted by molar-refractivity contribution is 0.322. The Labute approximate surface area is 148 Å². The van der Waals surface area contributed by atoms with Gasteiger partial charge in [-0.2, -0.15) is 8.78 Å². The number of aryl methyl sites for hydroxylation is 1. The standard InChI is InChI=1S/C17H15F4NO3S/c1-9-7-8-10-5-3-4-6-11(10)22(9)26(23,24)17-14(20)12(18)16(25-2)13(19)15(17)21/h3-6,9H,7-8H2,1-2H3. The molecule has 2 aromatic carbocycles. The van der Waals surface area contributed by atoms with Crippen LogP contribution >= 0.6 is 0 Å². The predicted molar refractivity (Wildman–Crippen MR) is 86.7 cm³/mol. The van der Waals surface area contributed by atoms with Crippen LogP contribution in [0.2, 0.25) is 0 Å². The summed E-state index contributed by atoms with van der Waals surface area (Å²) in [5.41, 5.74) is 0.881. The van der Waals surface area contributed by atoms with E-state index in [1.165, 1.54) is 6.07 Å². The number of hydrogen-bond acceptors (Lipinski definition) is 3. The second kappa shape index (κ2) is 6.46. The third-order valence-corrected chi connectivity index (χ3v) is 6.31. The average Bonchev–Trinajstić information content (AvgIpc) is 2.60. The van der Waals surface area contributed by atoms with Gasteiger partial charge in [0.05, 0.1) is 12.8 Å². The molecule has 1 heterocycles. The quantitative estimate of drug-likeness (QED) is 0.593. The molecule has 3 rings (SSSR count). The van der Waals surface area contributed by atoms with Gasteiger partial charge in [0.2, 0.25) is 11.6 Å². The Morgan fingerprint density at radius 3 is 2.19 bits per heavy atom. The zero-order chi connectivity index (χ0) is 19.2. The van der Waals surface area contributed by atoms with E-state index in [1.807, 2.05) is 0 Å². The van der Waals surface area contributed by atoms with Gasteiger partial charge >= 0.3 is 0 Å². The number of para-hydroxylation sites is 1. The second-order valence-electron chi connectivity index (χ2n) is 5.94. The number of nitrogens with zero attached hydrogens (tertiary/aromatic N) is 1.